The molecule has 0 atom stereocenters. The number of Topliss-reactive ketones (excluding diaryl/α,β-unsaturated/α-hetero) is 1. The van der Waals surface area contributed by atoms with Gasteiger partial charge in [0.05, 0.1) is 6.54 Å². The molecule has 0 radical (unpaired) electrons. The van der Waals surface area contributed by atoms with E-state index < -0.39 is 0 Å². The number of benzene rings is 1. The van der Waals surface area contributed by atoms with Crippen molar-refractivity contribution in [3.63, 3.8) is 0 Å². The van der Waals surface area contributed by atoms with Crippen molar-refractivity contribution in [2.24, 2.45) is 0 Å². The summed E-state index contributed by atoms with van der Waals surface area (Å²) in [7, 11) is 1.98. The van der Waals surface area contributed by atoms with E-state index in [2.05, 4.69) is 25.7 Å². The van der Waals surface area contributed by atoms with Crippen LogP contribution in [0.2, 0.25) is 5.02 Å². The van der Waals surface area contributed by atoms with E-state index in [1.54, 1.807) is 24.3 Å². The minimum atomic E-state index is 0.0359. The summed E-state index contributed by atoms with van der Waals surface area (Å²) >= 11 is 5.88. The maximum atomic E-state index is 12.1. The molecule has 1 aromatic rings. The number of halogens is 1. The van der Waals surface area contributed by atoms with Crippen LogP contribution >= 0.6 is 11.6 Å². The molecule has 0 aromatic heterocycles. The van der Waals surface area contributed by atoms with Gasteiger partial charge in [0.2, 0.25) is 0 Å². The van der Waals surface area contributed by atoms with E-state index in [4.69, 9.17) is 11.6 Å². The molecule has 0 aliphatic heterocycles. The SMILES string of the molecule is CCC(C)(C)N(C)CC(=O)c1cccc(Cl)c1. The Bertz CT molecular complexity index is 401. The normalized spacial score (nSPS) is 11.9. The van der Waals surface area contributed by atoms with Gasteiger partial charge in [0.25, 0.3) is 0 Å². The number of rotatable bonds is 5. The van der Waals surface area contributed by atoms with Crippen molar-refractivity contribution in [1.29, 1.82) is 0 Å². The van der Waals surface area contributed by atoms with Crippen molar-refractivity contribution >= 4 is 17.4 Å². The number of nitrogens with zero attached hydrogens (tertiary/aromatic N) is 1. The van der Waals surface area contributed by atoms with Crippen molar-refractivity contribution in [2.45, 2.75) is 32.7 Å². The lowest BCUT2D eigenvalue weighted by Gasteiger charge is -2.34. The predicted molar refractivity (Wildman–Crippen MR) is 72.8 cm³/mol. The van der Waals surface area contributed by atoms with Crippen LogP contribution in [0.15, 0.2) is 24.3 Å². The van der Waals surface area contributed by atoms with Crippen molar-refractivity contribution < 1.29 is 4.79 Å². The van der Waals surface area contributed by atoms with Gasteiger partial charge in [-0.3, -0.25) is 9.69 Å². The van der Waals surface area contributed by atoms with Gasteiger partial charge in [0.1, 0.15) is 0 Å². The van der Waals surface area contributed by atoms with Gasteiger partial charge in [0, 0.05) is 16.1 Å². The first-order valence-corrected chi connectivity index (χ1v) is 6.24. The van der Waals surface area contributed by atoms with Crippen molar-refractivity contribution in [3.05, 3.63) is 34.9 Å². The summed E-state index contributed by atoms with van der Waals surface area (Å²) in [5, 5.41) is 0.605. The maximum Gasteiger partial charge on any atom is 0.176 e. The molecular formula is C14H20ClNO. The second-order valence-electron chi connectivity index (χ2n) is 4.96. The van der Waals surface area contributed by atoms with Crippen LogP contribution in [0.3, 0.4) is 0 Å². The molecule has 0 aliphatic carbocycles. The molecule has 0 saturated heterocycles. The van der Waals surface area contributed by atoms with Gasteiger partial charge in [-0.05, 0) is 39.4 Å². The van der Waals surface area contributed by atoms with Gasteiger partial charge in [-0.25, -0.2) is 0 Å². The molecule has 0 spiro atoms. The highest BCUT2D eigenvalue weighted by Gasteiger charge is 2.23. The third-order valence-electron chi connectivity index (χ3n) is 3.43. The van der Waals surface area contributed by atoms with Crippen LogP contribution < -0.4 is 0 Å². The monoisotopic (exact) mass is 253 g/mol. The zero-order valence-electron chi connectivity index (χ0n) is 11.0. The Kier molecular flexibility index (Phi) is 4.72. The quantitative estimate of drug-likeness (QED) is 0.747. The van der Waals surface area contributed by atoms with E-state index >= 15 is 0 Å². The lowest BCUT2D eigenvalue weighted by atomic mass is 9.99. The number of likely N-dealkylation sites (N-methyl/N-ethyl adjacent to an activating group) is 1. The summed E-state index contributed by atoms with van der Waals surface area (Å²) in [5.41, 5.74) is 0.713. The maximum absolute atomic E-state index is 12.1. The minimum absolute atomic E-state index is 0.0359. The van der Waals surface area contributed by atoms with Gasteiger partial charge in [-0.1, -0.05) is 30.7 Å². The smallest absolute Gasteiger partial charge is 0.176 e. The average Bonchev–Trinajstić information content (AvgIpc) is 2.28. The second-order valence-corrected chi connectivity index (χ2v) is 5.39. The van der Waals surface area contributed by atoms with Crippen LogP contribution in [0.25, 0.3) is 0 Å². The molecular weight excluding hydrogens is 234 g/mol. The van der Waals surface area contributed by atoms with Crippen LogP contribution in [0.5, 0.6) is 0 Å². The largest absolute Gasteiger partial charge is 0.294 e. The van der Waals surface area contributed by atoms with E-state index in [0.717, 1.165) is 6.42 Å². The Labute approximate surface area is 109 Å². The molecule has 1 rings (SSSR count). The lowest BCUT2D eigenvalue weighted by molar-refractivity contribution is 0.0847. The summed E-state index contributed by atoms with van der Waals surface area (Å²) in [5.74, 6) is 0.108. The highest BCUT2D eigenvalue weighted by atomic mass is 35.5. The summed E-state index contributed by atoms with van der Waals surface area (Å²) in [6, 6.07) is 7.11. The molecule has 0 saturated carbocycles. The third-order valence-corrected chi connectivity index (χ3v) is 3.66. The van der Waals surface area contributed by atoms with Crippen molar-refractivity contribution in [3.8, 4) is 0 Å². The number of ketones is 1. The van der Waals surface area contributed by atoms with E-state index in [1.165, 1.54) is 0 Å². The molecule has 94 valence electrons. The fourth-order valence-electron chi connectivity index (χ4n) is 1.45. The summed E-state index contributed by atoms with van der Waals surface area (Å²) in [6.45, 7) is 6.82. The Balaban J connectivity index is 2.73. The Hall–Kier alpha value is -0.860. The molecule has 0 fully saturated rings. The van der Waals surface area contributed by atoms with Crippen LogP contribution in [0.1, 0.15) is 37.6 Å². The molecule has 3 heteroatoms. The number of carbonyl (C=O) groups excluding carboxylic acids is 1. The first-order valence-electron chi connectivity index (χ1n) is 5.87. The third kappa shape index (κ3) is 3.83. The number of hydrogen-bond donors (Lipinski definition) is 0. The molecule has 0 N–H and O–H groups in total. The van der Waals surface area contributed by atoms with Crippen molar-refractivity contribution in [1.82, 2.24) is 4.90 Å². The summed E-state index contributed by atoms with van der Waals surface area (Å²) < 4.78 is 0. The molecule has 0 amide bonds. The first kappa shape index (κ1) is 14.2. The molecule has 0 unspecified atom stereocenters. The number of hydrogen-bond acceptors (Lipinski definition) is 2. The Morgan fingerprint density at radius 1 is 1.41 bits per heavy atom. The van der Waals surface area contributed by atoms with E-state index in [-0.39, 0.29) is 11.3 Å². The van der Waals surface area contributed by atoms with E-state index in [0.29, 0.717) is 17.1 Å². The number of carbonyl (C=O) groups is 1. The zero-order valence-corrected chi connectivity index (χ0v) is 11.7. The van der Waals surface area contributed by atoms with Crippen LogP contribution in [-0.4, -0.2) is 29.8 Å². The molecule has 0 heterocycles. The van der Waals surface area contributed by atoms with E-state index in [9.17, 15) is 4.79 Å². The summed E-state index contributed by atoms with van der Waals surface area (Å²) in [4.78, 5) is 14.1. The van der Waals surface area contributed by atoms with E-state index in [1.807, 2.05) is 7.05 Å². The molecule has 17 heavy (non-hydrogen) atoms. The fraction of sp³-hybridized carbons (Fsp3) is 0.500. The van der Waals surface area contributed by atoms with Gasteiger partial charge < -0.3 is 0 Å². The predicted octanol–water partition coefficient (Wildman–Crippen LogP) is 3.64. The highest BCUT2D eigenvalue weighted by Crippen LogP contribution is 2.17. The molecule has 0 bridgehead atoms. The van der Waals surface area contributed by atoms with Gasteiger partial charge in [-0.2, -0.15) is 0 Å². The van der Waals surface area contributed by atoms with Crippen LogP contribution in [-0.2, 0) is 0 Å². The first-order chi connectivity index (χ1) is 7.86. The summed E-state index contributed by atoms with van der Waals surface area (Å²) in [6.07, 6.45) is 1.01. The highest BCUT2D eigenvalue weighted by molar-refractivity contribution is 6.31. The van der Waals surface area contributed by atoms with Crippen molar-refractivity contribution in [2.75, 3.05) is 13.6 Å². The topological polar surface area (TPSA) is 20.3 Å². The molecule has 2 nitrogen and oxygen atoms in total. The minimum Gasteiger partial charge on any atom is -0.294 e. The van der Waals surface area contributed by atoms with Crippen LogP contribution in [0, 0.1) is 0 Å². The standard InChI is InChI=1S/C14H20ClNO/c1-5-14(2,3)16(4)10-13(17)11-7-6-8-12(15)9-11/h6-9H,5,10H2,1-4H3. The van der Waals surface area contributed by atoms with Gasteiger partial charge >= 0.3 is 0 Å². The lowest BCUT2D eigenvalue weighted by Crippen LogP contribution is -2.43. The molecule has 1 aromatic carbocycles. The van der Waals surface area contributed by atoms with Crippen LogP contribution in [0.4, 0.5) is 0 Å². The Morgan fingerprint density at radius 3 is 2.59 bits per heavy atom. The second kappa shape index (κ2) is 5.65. The van der Waals surface area contributed by atoms with Gasteiger partial charge in [-0.15, -0.1) is 0 Å². The zero-order chi connectivity index (χ0) is 13.1. The average molecular weight is 254 g/mol. The molecule has 0 aliphatic rings. The Morgan fingerprint density at radius 2 is 2.06 bits per heavy atom. The fourth-order valence-corrected chi connectivity index (χ4v) is 1.64. The van der Waals surface area contributed by atoms with Gasteiger partial charge in [0.15, 0.2) is 5.78 Å².